The van der Waals surface area contributed by atoms with E-state index in [1.165, 1.54) is 12.1 Å². The van der Waals surface area contributed by atoms with E-state index in [9.17, 15) is 9.50 Å². The summed E-state index contributed by atoms with van der Waals surface area (Å²) in [7, 11) is 1.58. The van der Waals surface area contributed by atoms with E-state index in [1.807, 2.05) is 54.6 Å². The van der Waals surface area contributed by atoms with E-state index in [4.69, 9.17) is 17.0 Å². The summed E-state index contributed by atoms with van der Waals surface area (Å²) in [5, 5.41) is 10.7. The molecule has 3 aromatic rings. The number of aryl methyl sites for hydroxylation is 1. The standard InChI is InChI=1S/C25H24FNO2S/c1-29-20-14-15-21(23(28)16-20)24-22(9-5-6-17-10-12-18(26)13-11-17)25(30)27(24)19-7-3-2-4-8-19/h2-4,7-8,10-16,22,24,28H,5-6,9H2,1H3/t22-,24-/m1/s1. The van der Waals surface area contributed by atoms with E-state index in [-0.39, 0.29) is 23.5 Å². The van der Waals surface area contributed by atoms with E-state index in [2.05, 4.69) is 4.90 Å². The summed E-state index contributed by atoms with van der Waals surface area (Å²) in [6, 6.07) is 22.1. The minimum atomic E-state index is -0.215. The molecule has 30 heavy (non-hydrogen) atoms. The molecule has 4 rings (SSSR count). The van der Waals surface area contributed by atoms with Crippen LogP contribution in [-0.4, -0.2) is 17.2 Å². The number of aromatic hydroxyl groups is 1. The van der Waals surface area contributed by atoms with Gasteiger partial charge in [0, 0.05) is 23.2 Å². The Bertz CT molecular complexity index is 1020. The second-order valence-electron chi connectivity index (χ2n) is 7.54. The summed E-state index contributed by atoms with van der Waals surface area (Å²) in [5.41, 5.74) is 2.99. The first-order valence-electron chi connectivity index (χ1n) is 10.1. The quantitative estimate of drug-likeness (QED) is 0.470. The van der Waals surface area contributed by atoms with E-state index < -0.39 is 0 Å². The number of benzene rings is 3. The van der Waals surface area contributed by atoms with Crippen molar-refractivity contribution in [2.75, 3.05) is 12.0 Å². The van der Waals surface area contributed by atoms with Crippen LogP contribution >= 0.6 is 12.2 Å². The number of ether oxygens (including phenoxy) is 1. The maximum absolute atomic E-state index is 13.1. The van der Waals surface area contributed by atoms with Gasteiger partial charge in [0.05, 0.1) is 18.1 Å². The van der Waals surface area contributed by atoms with Crippen molar-refractivity contribution in [3.05, 3.63) is 89.7 Å². The summed E-state index contributed by atoms with van der Waals surface area (Å²) in [4.78, 5) is 3.01. The first-order valence-corrected chi connectivity index (χ1v) is 10.5. The van der Waals surface area contributed by atoms with Crippen LogP contribution in [0.1, 0.15) is 30.0 Å². The molecule has 3 aromatic carbocycles. The van der Waals surface area contributed by atoms with Gasteiger partial charge < -0.3 is 14.7 Å². The number of hydrogen-bond acceptors (Lipinski definition) is 3. The van der Waals surface area contributed by atoms with Crippen LogP contribution in [0.4, 0.5) is 10.1 Å². The van der Waals surface area contributed by atoms with Crippen molar-refractivity contribution in [3.63, 3.8) is 0 Å². The lowest BCUT2D eigenvalue weighted by molar-refractivity contribution is 0.391. The number of rotatable bonds is 7. The molecule has 1 saturated heterocycles. The van der Waals surface area contributed by atoms with Crippen molar-refractivity contribution < 1.29 is 14.2 Å². The van der Waals surface area contributed by atoms with Gasteiger partial charge in [-0.15, -0.1) is 0 Å². The fourth-order valence-corrected chi connectivity index (χ4v) is 4.61. The average Bonchev–Trinajstić information content (AvgIpc) is 2.77. The minimum Gasteiger partial charge on any atom is -0.507 e. The molecule has 0 aromatic heterocycles. The fraction of sp³-hybridized carbons (Fsp3) is 0.240. The monoisotopic (exact) mass is 421 g/mol. The molecule has 154 valence electrons. The lowest BCUT2D eigenvalue weighted by Gasteiger charge is -2.50. The number of methoxy groups -OCH3 is 1. The van der Waals surface area contributed by atoms with Gasteiger partial charge in [-0.1, -0.05) is 42.5 Å². The third-order valence-corrected chi connectivity index (χ3v) is 6.20. The Balaban J connectivity index is 1.55. The van der Waals surface area contributed by atoms with E-state index in [1.54, 1.807) is 13.2 Å². The SMILES string of the molecule is COc1ccc([C@@H]2[C@@H](CCCc3ccc(F)cc3)C(=S)N2c2ccccc2)c(O)c1. The van der Waals surface area contributed by atoms with E-state index >= 15 is 0 Å². The van der Waals surface area contributed by atoms with E-state index in [0.29, 0.717) is 5.75 Å². The Morgan fingerprint density at radius 1 is 1.03 bits per heavy atom. The van der Waals surface area contributed by atoms with Crippen LogP contribution in [-0.2, 0) is 6.42 Å². The first-order chi connectivity index (χ1) is 14.6. The summed E-state index contributed by atoms with van der Waals surface area (Å²) in [6.07, 6.45) is 2.70. The Labute approximate surface area is 181 Å². The number of hydrogen-bond donors (Lipinski definition) is 1. The molecule has 2 atom stereocenters. The second kappa shape index (κ2) is 8.84. The molecule has 3 nitrogen and oxygen atoms in total. The van der Waals surface area contributed by atoms with Crippen LogP contribution in [0.15, 0.2) is 72.8 Å². The number of para-hydroxylation sites is 1. The molecule has 0 spiro atoms. The first kappa shape index (κ1) is 20.4. The molecule has 0 bridgehead atoms. The van der Waals surface area contributed by atoms with Crippen molar-refractivity contribution in [3.8, 4) is 11.5 Å². The highest BCUT2D eigenvalue weighted by atomic mass is 32.1. The molecule has 1 aliphatic rings. The predicted octanol–water partition coefficient (Wildman–Crippen LogP) is 6.07. The van der Waals surface area contributed by atoms with Crippen LogP contribution in [0.5, 0.6) is 11.5 Å². The van der Waals surface area contributed by atoms with Crippen molar-refractivity contribution in [1.82, 2.24) is 0 Å². The van der Waals surface area contributed by atoms with Crippen LogP contribution in [0.3, 0.4) is 0 Å². The van der Waals surface area contributed by atoms with Gasteiger partial charge in [-0.2, -0.15) is 0 Å². The smallest absolute Gasteiger partial charge is 0.124 e. The van der Waals surface area contributed by atoms with Gasteiger partial charge in [0.25, 0.3) is 0 Å². The van der Waals surface area contributed by atoms with Gasteiger partial charge in [0.1, 0.15) is 17.3 Å². The number of phenolic OH excluding ortho intramolecular Hbond substituents is 1. The Hall–Kier alpha value is -2.92. The molecule has 0 saturated carbocycles. The van der Waals surface area contributed by atoms with Gasteiger partial charge in [0.15, 0.2) is 0 Å². The van der Waals surface area contributed by atoms with Gasteiger partial charge in [-0.25, -0.2) is 4.39 Å². The average molecular weight is 422 g/mol. The van der Waals surface area contributed by atoms with Crippen LogP contribution in [0.25, 0.3) is 0 Å². The topological polar surface area (TPSA) is 32.7 Å². The van der Waals surface area contributed by atoms with Crippen molar-refractivity contribution in [1.29, 1.82) is 0 Å². The number of anilines is 1. The molecular weight excluding hydrogens is 397 g/mol. The minimum absolute atomic E-state index is 0.0287. The summed E-state index contributed by atoms with van der Waals surface area (Å²) < 4.78 is 18.4. The zero-order valence-electron chi connectivity index (χ0n) is 16.8. The summed E-state index contributed by atoms with van der Waals surface area (Å²) in [5.74, 6) is 0.774. The normalized spacial score (nSPS) is 18.2. The zero-order chi connectivity index (χ0) is 21.1. The van der Waals surface area contributed by atoms with Crippen LogP contribution in [0, 0.1) is 11.7 Å². The third kappa shape index (κ3) is 4.03. The maximum Gasteiger partial charge on any atom is 0.124 e. The highest BCUT2D eigenvalue weighted by molar-refractivity contribution is 7.80. The lowest BCUT2D eigenvalue weighted by Crippen LogP contribution is -2.54. The number of phenols is 1. The molecular formula is C25H24FNO2S. The number of nitrogens with zero attached hydrogens (tertiary/aromatic N) is 1. The molecule has 1 N–H and O–H groups in total. The Morgan fingerprint density at radius 2 is 1.77 bits per heavy atom. The van der Waals surface area contributed by atoms with Crippen molar-refractivity contribution in [2.24, 2.45) is 5.92 Å². The molecule has 5 heteroatoms. The molecule has 1 heterocycles. The molecule has 0 radical (unpaired) electrons. The van der Waals surface area contributed by atoms with Gasteiger partial charge in [-0.3, -0.25) is 0 Å². The molecule has 0 aliphatic carbocycles. The van der Waals surface area contributed by atoms with Gasteiger partial charge in [-0.05, 0) is 61.2 Å². The van der Waals surface area contributed by atoms with Gasteiger partial charge in [0.2, 0.25) is 0 Å². The van der Waals surface area contributed by atoms with Gasteiger partial charge >= 0.3 is 0 Å². The predicted molar refractivity (Wildman–Crippen MR) is 122 cm³/mol. The Kier molecular flexibility index (Phi) is 6.00. The highest BCUT2D eigenvalue weighted by Gasteiger charge is 2.46. The third-order valence-electron chi connectivity index (χ3n) is 5.70. The lowest BCUT2D eigenvalue weighted by atomic mass is 9.79. The number of halogens is 1. The van der Waals surface area contributed by atoms with Crippen molar-refractivity contribution >= 4 is 22.9 Å². The molecule has 0 amide bonds. The summed E-state index contributed by atoms with van der Waals surface area (Å²) in [6.45, 7) is 0. The zero-order valence-corrected chi connectivity index (χ0v) is 17.6. The molecule has 0 unspecified atom stereocenters. The van der Waals surface area contributed by atoms with E-state index in [0.717, 1.165) is 41.1 Å². The largest absolute Gasteiger partial charge is 0.507 e. The van der Waals surface area contributed by atoms with Crippen molar-refractivity contribution in [2.45, 2.75) is 25.3 Å². The maximum atomic E-state index is 13.1. The molecule has 1 fully saturated rings. The fourth-order valence-electron chi connectivity index (χ4n) is 4.14. The Morgan fingerprint density at radius 3 is 2.43 bits per heavy atom. The van der Waals surface area contributed by atoms with Crippen LogP contribution in [0.2, 0.25) is 0 Å². The summed E-state index contributed by atoms with van der Waals surface area (Å²) >= 11 is 5.79. The number of thiocarbonyl (C=S) groups is 1. The van der Waals surface area contributed by atoms with Crippen LogP contribution < -0.4 is 9.64 Å². The molecule has 1 aliphatic heterocycles. The highest BCUT2D eigenvalue weighted by Crippen LogP contribution is 2.49. The second-order valence-corrected chi connectivity index (χ2v) is 7.96.